The van der Waals surface area contributed by atoms with E-state index in [0.29, 0.717) is 6.54 Å². The van der Waals surface area contributed by atoms with Crippen LogP contribution in [0.3, 0.4) is 0 Å². The van der Waals surface area contributed by atoms with E-state index in [1.807, 2.05) is 0 Å². The van der Waals surface area contributed by atoms with Crippen molar-refractivity contribution in [2.24, 2.45) is 5.11 Å². The van der Waals surface area contributed by atoms with Gasteiger partial charge in [-0.25, -0.2) is 4.79 Å². The maximum absolute atomic E-state index is 11.1. The minimum absolute atomic E-state index is 0.215. The first-order valence-corrected chi connectivity index (χ1v) is 4.94. The molecule has 16 heavy (non-hydrogen) atoms. The Hall–Kier alpha value is -1.94. The Morgan fingerprint density at radius 3 is 3.12 bits per heavy atom. The number of azide groups is 1. The lowest BCUT2D eigenvalue weighted by Crippen LogP contribution is -1.98. The van der Waals surface area contributed by atoms with Gasteiger partial charge in [0.2, 0.25) is 5.76 Å². The first kappa shape index (κ1) is 12.1. The van der Waals surface area contributed by atoms with Crippen molar-refractivity contribution in [3.8, 4) is 0 Å². The number of carbonyl (C=O) groups excluding carboxylic acids is 1. The molecule has 0 saturated carbocycles. The third-order valence-electron chi connectivity index (χ3n) is 2.08. The number of furan rings is 1. The van der Waals surface area contributed by atoms with Gasteiger partial charge in [-0.05, 0) is 36.4 Å². The summed E-state index contributed by atoms with van der Waals surface area (Å²) in [6.45, 7) is 0.498. The largest absolute Gasteiger partial charge is 0.463 e. The summed E-state index contributed by atoms with van der Waals surface area (Å²) in [6, 6.07) is 1.67. The lowest BCUT2D eigenvalue weighted by atomic mass is 10.1. The van der Waals surface area contributed by atoms with Crippen LogP contribution in [-0.4, -0.2) is 19.6 Å². The van der Waals surface area contributed by atoms with E-state index in [2.05, 4.69) is 14.8 Å². The molecule has 0 atom stereocenters. The number of esters is 1. The summed E-state index contributed by atoms with van der Waals surface area (Å²) in [5.74, 6) is -0.257. The first-order chi connectivity index (χ1) is 7.77. The number of carbonyl (C=O) groups is 1. The van der Waals surface area contributed by atoms with Gasteiger partial charge in [-0.1, -0.05) is 5.11 Å². The van der Waals surface area contributed by atoms with Gasteiger partial charge in [-0.15, -0.1) is 0 Å². The molecule has 0 aliphatic rings. The van der Waals surface area contributed by atoms with Gasteiger partial charge in [0.1, 0.15) is 0 Å². The quantitative estimate of drug-likeness (QED) is 0.244. The van der Waals surface area contributed by atoms with Crippen LogP contribution in [0.1, 0.15) is 29.0 Å². The van der Waals surface area contributed by atoms with E-state index in [1.54, 1.807) is 12.3 Å². The highest BCUT2D eigenvalue weighted by atomic mass is 16.5. The van der Waals surface area contributed by atoms with Crippen molar-refractivity contribution in [3.63, 3.8) is 0 Å². The summed E-state index contributed by atoms with van der Waals surface area (Å²) in [5.41, 5.74) is 9.01. The van der Waals surface area contributed by atoms with Gasteiger partial charge in [-0.3, -0.25) is 0 Å². The molecule has 0 bridgehead atoms. The fourth-order valence-electron chi connectivity index (χ4n) is 1.27. The number of ether oxygens (including phenoxy) is 1. The summed E-state index contributed by atoms with van der Waals surface area (Å²) in [5, 5.41) is 3.43. The zero-order chi connectivity index (χ0) is 11.8. The number of methoxy groups -OCH3 is 1. The first-order valence-electron chi connectivity index (χ1n) is 4.94. The van der Waals surface area contributed by atoms with Gasteiger partial charge in [0, 0.05) is 11.5 Å². The van der Waals surface area contributed by atoms with E-state index >= 15 is 0 Å². The molecule has 0 aliphatic carbocycles. The molecule has 1 aromatic heterocycles. The van der Waals surface area contributed by atoms with Crippen molar-refractivity contribution >= 4 is 5.97 Å². The molecular formula is C10H13N3O3. The fourth-order valence-corrected chi connectivity index (χ4v) is 1.27. The molecule has 0 fully saturated rings. The molecular weight excluding hydrogens is 210 g/mol. The second kappa shape index (κ2) is 6.53. The molecule has 0 spiro atoms. The molecule has 86 valence electrons. The number of hydrogen-bond donors (Lipinski definition) is 0. The predicted octanol–water partition coefficient (Wildman–Crippen LogP) is 2.70. The topological polar surface area (TPSA) is 88.2 Å². The maximum atomic E-state index is 11.1. The Kier molecular flexibility index (Phi) is 4.95. The Labute approximate surface area is 92.8 Å². The lowest BCUT2D eigenvalue weighted by molar-refractivity contribution is 0.0565. The molecule has 1 aromatic rings. The molecule has 1 rings (SSSR count). The predicted molar refractivity (Wildman–Crippen MR) is 57.0 cm³/mol. The van der Waals surface area contributed by atoms with Crippen LogP contribution >= 0.6 is 0 Å². The van der Waals surface area contributed by atoms with Crippen LogP contribution in [0.5, 0.6) is 0 Å². The van der Waals surface area contributed by atoms with Crippen molar-refractivity contribution < 1.29 is 13.9 Å². The molecule has 0 aromatic carbocycles. The average Bonchev–Trinajstić information content (AvgIpc) is 2.76. The van der Waals surface area contributed by atoms with Crippen LogP contribution in [0, 0.1) is 0 Å². The van der Waals surface area contributed by atoms with E-state index in [9.17, 15) is 4.79 Å². The van der Waals surface area contributed by atoms with E-state index in [0.717, 1.165) is 24.8 Å². The number of aryl methyl sites for hydroxylation is 1. The van der Waals surface area contributed by atoms with E-state index < -0.39 is 5.97 Å². The Balaban J connectivity index is 2.34. The summed E-state index contributed by atoms with van der Waals surface area (Å²) < 4.78 is 9.56. The van der Waals surface area contributed by atoms with Crippen molar-refractivity contribution in [1.82, 2.24) is 0 Å². The monoisotopic (exact) mass is 223 g/mol. The highest BCUT2D eigenvalue weighted by Gasteiger charge is 2.10. The standard InChI is InChI=1S/C10H13N3O3/c1-15-10(14)9-6-8(7-16-9)4-2-3-5-12-13-11/h6-7H,2-5H2,1H3. The van der Waals surface area contributed by atoms with Crippen LogP contribution in [0.15, 0.2) is 21.9 Å². The van der Waals surface area contributed by atoms with E-state index in [4.69, 9.17) is 9.95 Å². The van der Waals surface area contributed by atoms with Crippen LogP contribution in [0.25, 0.3) is 10.4 Å². The Morgan fingerprint density at radius 1 is 1.62 bits per heavy atom. The van der Waals surface area contributed by atoms with Gasteiger partial charge < -0.3 is 9.15 Å². The van der Waals surface area contributed by atoms with Crippen molar-refractivity contribution in [2.45, 2.75) is 19.3 Å². The van der Waals surface area contributed by atoms with E-state index in [1.165, 1.54) is 7.11 Å². The summed E-state index contributed by atoms with van der Waals surface area (Å²) >= 11 is 0. The number of hydrogen-bond acceptors (Lipinski definition) is 4. The molecule has 6 heteroatoms. The molecule has 0 saturated heterocycles. The van der Waals surface area contributed by atoms with Gasteiger partial charge in [0.25, 0.3) is 0 Å². The fraction of sp³-hybridized carbons (Fsp3) is 0.500. The minimum atomic E-state index is -0.472. The minimum Gasteiger partial charge on any atom is -0.463 e. The molecule has 1 heterocycles. The highest BCUT2D eigenvalue weighted by Crippen LogP contribution is 2.11. The Bertz CT molecular complexity index is 394. The second-order valence-corrected chi connectivity index (χ2v) is 3.22. The number of unbranched alkanes of at least 4 members (excludes halogenated alkanes) is 1. The molecule has 0 amide bonds. The van der Waals surface area contributed by atoms with Crippen molar-refractivity contribution in [1.29, 1.82) is 0 Å². The zero-order valence-electron chi connectivity index (χ0n) is 9.05. The van der Waals surface area contributed by atoms with Gasteiger partial charge in [-0.2, -0.15) is 0 Å². The average molecular weight is 223 g/mol. The maximum Gasteiger partial charge on any atom is 0.373 e. The molecule has 6 nitrogen and oxygen atoms in total. The van der Waals surface area contributed by atoms with Crippen LogP contribution in [0.4, 0.5) is 0 Å². The third-order valence-corrected chi connectivity index (χ3v) is 2.08. The third kappa shape index (κ3) is 3.67. The van der Waals surface area contributed by atoms with Gasteiger partial charge >= 0.3 is 5.97 Å². The van der Waals surface area contributed by atoms with Crippen molar-refractivity contribution in [2.75, 3.05) is 13.7 Å². The summed E-state index contributed by atoms with van der Waals surface area (Å²) in [6.07, 6.45) is 4.04. The number of nitrogens with zero attached hydrogens (tertiary/aromatic N) is 3. The Morgan fingerprint density at radius 2 is 2.44 bits per heavy atom. The van der Waals surface area contributed by atoms with Crippen LogP contribution in [-0.2, 0) is 11.2 Å². The van der Waals surface area contributed by atoms with Crippen LogP contribution in [0.2, 0.25) is 0 Å². The van der Waals surface area contributed by atoms with Gasteiger partial charge in [0.15, 0.2) is 0 Å². The SMILES string of the molecule is COC(=O)c1cc(CCCCN=[N+]=[N-])co1. The van der Waals surface area contributed by atoms with E-state index in [-0.39, 0.29) is 5.76 Å². The molecule has 0 aliphatic heterocycles. The second-order valence-electron chi connectivity index (χ2n) is 3.22. The summed E-state index contributed by atoms with van der Waals surface area (Å²) in [4.78, 5) is 13.7. The summed E-state index contributed by atoms with van der Waals surface area (Å²) in [7, 11) is 1.31. The molecule has 0 N–H and O–H groups in total. The molecule has 0 radical (unpaired) electrons. The molecule has 0 unspecified atom stereocenters. The van der Waals surface area contributed by atoms with Gasteiger partial charge in [0.05, 0.1) is 13.4 Å². The number of rotatable bonds is 6. The lowest BCUT2D eigenvalue weighted by Gasteiger charge is -1.93. The van der Waals surface area contributed by atoms with Crippen molar-refractivity contribution in [3.05, 3.63) is 34.1 Å². The smallest absolute Gasteiger partial charge is 0.373 e. The highest BCUT2D eigenvalue weighted by molar-refractivity contribution is 5.86. The van der Waals surface area contributed by atoms with Crippen LogP contribution < -0.4 is 0 Å². The normalized spacial score (nSPS) is 9.56. The zero-order valence-corrected chi connectivity index (χ0v) is 9.05.